The highest BCUT2D eigenvalue weighted by Crippen LogP contribution is 2.25. The van der Waals surface area contributed by atoms with Crippen molar-refractivity contribution in [3.05, 3.63) is 47.9 Å². The zero-order valence-electron chi connectivity index (χ0n) is 8.77. The Kier molecular flexibility index (Phi) is 2.72. The molecular weight excluding hydrogens is 207 g/mol. The van der Waals surface area contributed by atoms with Crippen molar-refractivity contribution in [2.24, 2.45) is 0 Å². The van der Waals surface area contributed by atoms with E-state index in [-0.39, 0.29) is 5.82 Å². The number of hydrogen-bond acceptors (Lipinski definition) is 3. The fourth-order valence-corrected chi connectivity index (χ4v) is 1.26. The van der Waals surface area contributed by atoms with Gasteiger partial charge in [0.2, 0.25) is 0 Å². The predicted molar refractivity (Wildman–Crippen MR) is 59.9 cm³/mol. The van der Waals surface area contributed by atoms with E-state index in [2.05, 4.69) is 4.98 Å². The molecule has 0 amide bonds. The van der Waals surface area contributed by atoms with Crippen molar-refractivity contribution in [2.45, 2.75) is 6.92 Å². The first-order valence-corrected chi connectivity index (χ1v) is 4.81. The molecule has 0 atom stereocenters. The number of rotatable bonds is 2. The van der Waals surface area contributed by atoms with Crippen LogP contribution in [0.1, 0.15) is 5.56 Å². The minimum Gasteiger partial charge on any atom is -0.455 e. The quantitative estimate of drug-likeness (QED) is 0.843. The molecule has 2 rings (SSSR count). The van der Waals surface area contributed by atoms with Crippen molar-refractivity contribution in [2.75, 3.05) is 5.73 Å². The van der Waals surface area contributed by atoms with Gasteiger partial charge in [-0.25, -0.2) is 9.37 Å². The van der Waals surface area contributed by atoms with Gasteiger partial charge in [-0.2, -0.15) is 0 Å². The second-order valence-electron chi connectivity index (χ2n) is 3.43. The zero-order chi connectivity index (χ0) is 11.5. The normalized spacial score (nSPS) is 10.1. The summed E-state index contributed by atoms with van der Waals surface area (Å²) in [6.07, 6.45) is 1.50. The van der Waals surface area contributed by atoms with Crippen LogP contribution in [0.2, 0.25) is 0 Å². The smallest absolute Gasteiger partial charge is 0.145 e. The van der Waals surface area contributed by atoms with Gasteiger partial charge in [-0.15, -0.1) is 0 Å². The SMILES string of the molecule is Cc1ccc(F)cc1Oc1ccc(N)nc1. The number of nitrogen functional groups attached to an aromatic ring is 1. The lowest BCUT2D eigenvalue weighted by molar-refractivity contribution is 0.471. The molecule has 2 aromatic rings. The summed E-state index contributed by atoms with van der Waals surface area (Å²) in [4.78, 5) is 3.89. The van der Waals surface area contributed by atoms with Gasteiger partial charge >= 0.3 is 0 Å². The van der Waals surface area contributed by atoms with Crippen LogP contribution in [0.3, 0.4) is 0 Å². The van der Waals surface area contributed by atoms with Gasteiger partial charge in [-0.1, -0.05) is 6.07 Å². The molecule has 0 radical (unpaired) electrons. The average molecular weight is 218 g/mol. The molecule has 82 valence electrons. The summed E-state index contributed by atoms with van der Waals surface area (Å²) in [6.45, 7) is 1.85. The molecule has 0 fully saturated rings. The van der Waals surface area contributed by atoms with E-state index < -0.39 is 0 Å². The summed E-state index contributed by atoms with van der Waals surface area (Å²) in [5, 5.41) is 0. The number of aryl methyl sites for hydroxylation is 1. The van der Waals surface area contributed by atoms with Gasteiger partial charge in [0.15, 0.2) is 0 Å². The van der Waals surface area contributed by atoms with Gasteiger partial charge in [0, 0.05) is 6.07 Å². The minimum absolute atomic E-state index is 0.330. The Bertz CT molecular complexity index is 497. The molecule has 0 saturated carbocycles. The third kappa shape index (κ3) is 2.28. The summed E-state index contributed by atoms with van der Waals surface area (Å²) in [7, 11) is 0. The molecule has 1 heterocycles. The molecule has 4 heteroatoms. The Morgan fingerprint density at radius 1 is 1.25 bits per heavy atom. The summed E-state index contributed by atoms with van der Waals surface area (Å²) in [5.41, 5.74) is 6.31. The maximum atomic E-state index is 13.0. The molecule has 0 aliphatic heterocycles. The van der Waals surface area contributed by atoms with Gasteiger partial charge in [0.25, 0.3) is 0 Å². The van der Waals surface area contributed by atoms with E-state index >= 15 is 0 Å². The highest BCUT2D eigenvalue weighted by atomic mass is 19.1. The van der Waals surface area contributed by atoms with Crippen molar-refractivity contribution in [3.63, 3.8) is 0 Å². The Balaban J connectivity index is 2.26. The molecule has 0 unspecified atom stereocenters. The third-order valence-corrected chi connectivity index (χ3v) is 2.14. The maximum absolute atomic E-state index is 13.0. The number of nitrogens with zero attached hydrogens (tertiary/aromatic N) is 1. The van der Waals surface area contributed by atoms with Crippen LogP contribution in [0.15, 0.2) is 36.5 Å². The van der Waals surface area contributed by atoms with Gasteiger partial charge in [0.1, 0.15) is 23.1 Å². The van der Waals surface area contributed by atoms with Gasteiger partial charge in [-0.05, 0) is 30.7 Å². The van der Waals surface area contributed by atoms with Crippen molar-refractivity contribution >= 4 is 5.82 Å². The van der Waals surface area contributed by atoms with Crippen molar-refractivity contribution in [3.8, 4) is 11.5 Å². The average Bonchev–Trinajstić information content (AvgIpc) is 2.27. The van der Waals surface area contributed by atoms with Gasteiger partial charge in [-0.3, -0.25) is 0 Å². The molecule has 1 aromatic carbocycles. The molecule has 0 bridgehead atoms. The van der Waals surface area contributed by atoms with E-state index in [0.29, 0.717) is 17.3 Å². The Morgan fingerprint density at radius 2 is 2.06 bits per heavy atom. The molecule has 2 N–H and O–H groups in total. The lowest BCUT2D eigenvalue weighted by atomic mass is 10.2. The fourth-order valence-electron chi connectivity index (χ4n) is 1.26. The first kappa shape index (κ1) is 10.4. The zero-order valence-corrected chi connectivity index (χ0v) is 8.77. The van der Waals surface area contributed by atoms with Crippen LogP contribution in [0.25, 0.3) is 0 Å². The molecule has 3 nitrogen and oxygen atoms in total. The molecule has 1 aromatic heterocycles. The van der Waals surface area contributed by atoms with Crippen molar-refractivity contribution < 1.29 is 9.13 Å². The molecule has 16 heavy (non-hydrogen) atoms. The van der Waals surface area contributed by atoms with Crippen molar-refractivity contribution in [1.29, 1.82) is 0 Å². The number of pyridine rings is 1. The standard InChI is InChI=1S/C12H11FN2O/c1-8-2-3-9(13)6-11(8)16-10-4-5-12(14)15-7-10/h2-7H,1H3,(H2,14,15). The van der Waals surface area contributed by atoms with E-state index in [9.17, 15) is 4.39 Å². The summed E-state index contributed by atoms with van der Waals surface area (Å²) in [5.74, 6) is 1.10. The molecular formula is C12H11FN2O. The molecule has 0 aliphatic carbocycles. The lowest BCUT2D eigenvalue weighted by Gasteiger charge is -2.08. The second-order valence-corrected chi connectivity index (χ2v) is 3.43. The largest absolute Gasteiger partial charge is 0.455 e. The van der Waals surface area contributed by atoms with E-state index in [1.54, 1.807) is 18.2 Å². The number of benzene rings is 1. The van der Waals surface area contributed by atoms with Crippen molar-refractivity contribution in [1.82, 2.24) is 4.98 Å². The van der Waals surface area contributed by atoms with Crippen LogP contribution >= 0.6 is 0 Å². The summed E-state index contributed by atoms with van der Waals surface area (Å²) < 4.78 is 18.5. The van der Waals surface area contributed by atoms with Crippen LogP contribution in [-0.2, 0) is 0 Å². The molecule has 0 saturated heterocycles. The van der Waals surface area contributed by atoms with Crippen LogP contribution < -0.4 is 10.5 Å². The number of halogens is 1. The summed E-state index contributed by atoms with van der Waals surface area (Å²) in [6, 6.07) is 7.71. The Morgan fingerprint density at radius 3 is 2.75 bits per heavy atom. The predicted octanol–water partition coefficient (Wildman–Crippen LogP) is 2.90. The van der Waals surface area contributed by atoms with Gasteiger partial charge < -0.3 is 10.5 Å². The monoisotopic (exact) mass is 218 g/mol. The highest BCUT2D eigenvalue weighted by Gasteiger charge is 2.03. The maximum Gasteiger partial charge on any atom is 0.145 e. The Labute approximate surface area is 92.7 Å². The first-order valence-electron chi connectivity index (χ1n) is 4.81. The van der Waals surface area contributed by atoms with Gasteiger partial charge in [0.05, 0.1) is 6.20 Å². The number of nitrogens with two attached hydrogens (primary N) is 1. The van der Waals surface area contributed by atoms with Crippen LogP contribution in [0.4, 0.5) is 10.2 Å². The highest BCUT2D eigenvalue weighted by molar-refractivity contribution is 5.38. The lowest BCUT2D eigenvalue weighted by Crippen LogP contribution is -1.92. The second kappa shape index (κ2) is 4.18. The number of ether oxygens (including phenoxy) is 1. The molecule has 0 aliphatic rings. The fraction of sp³-hybridized carbons (Fsp3) is 0.0833. The van der Waals surface area contributed by atoms with E-state index in [1.165, 1.54) is 18.3 Å². The van der Waals surface area contributed by atoms with Crippen LogP contribution in [0, 0.1) is 12.7 Å². The molecule has 0 spiro atoms. The number of hydrogen-bond donors (Lipinski definition) is 1. The topological polar surface area (TPSA) is 48.1 Å². The van der Waals surface area contributed by atoms with E-state index in [1.807, 2.05) is 6.92 Å². The van der Waals surface area contributed by atoms with E-state index in [0.717, 1.165) is 5.56 Å². The first-order chi connectivity index (χ1) is 7.65. The number of aromatic nitrogens is 1. The Hall–Kier alpha value is -2.10. The minimum atomic E-state index is -0.330. The third-order valence-electron chi connectivity index (χ3n) is 2.14. The number of anilines is 1. The van der Waals surface area contributed by atoms with E-state index in [4.69, 9.17) is 10.5 Å². The summed E-state index contributed by atoms with van der Waals surface area (Å²) >= 11 is 0. The van der Waals surface area contributed by atoms with Crippen LogP contribution in [0.5, 0.6) is 11.5 Å². The van der Waals surface area contributed by atoms with Crippen LogP contribution in [-0.4, -0.2) is 4.98 Å².